The molecule has 0 N–H and O–H groups in total. The van der Waals surface area contributed by atoms with Gasteiger partial charge in [0, 0.05) is 19.0 Å². The van der Waals surface area contributed by atoms with Crippen molar-refractivity contribution in [3.63, 3.8) is 0 Å². The molecule has 1 aliphatic carbocycles. The molecule has 1 saturated heterocycles. The van der Waals surface area contributed by atoms with Crippen molar-refractivity contribution in [1.82, 2.24) is 4.90 Å². The van der Waals surface area contributed by atoms with Gasteiger partial charge >= 0.3 is 0 Å². The third-order valence-electron chi connectivity index (χ3n) is 3.52. The Bertz CT molecular complexity index is 202. The van der Waals surface area contributed by atoms with Crippen molar-refractivity contribution in [2.24, 2.45) is 5.92 Å². The lowest BCUT2D eigenvalue weighted by atomic mass is 9.99. The Kier molecular flexibility index (Phi) is 2.56. The summed E-state index contributed by atoms with van der Waals surface area (Å²) in [6.07, 6.45) is 6.91. The summed E-state index contributed by atoms with van der Waals surface area (Å²) in [5, 5.41) is 0. The van der Waals surface area contributed by atoms with Gasteiger partial charge in [0.25, 0.3) is 0 Å². The van der Waals surface area contributed by atoms with Gasteiger partial charge in [-0.3, -0.25) is 4.79 Å². The normalized spacial score (nSPS) is 32.2. The van der Waals surface area contributed by atoms with Gasteiger partial charge in [0.05, 0.1) is 0 Å². The molecule has 1 saturated carbocycles. The van der Waals surface area contributed by atoms with Crippen LogP contribution in [0.2, 0.25) is 0 Å². The first-order chi connectivity index (χ1) is 6.31. The Hall–Kier alpha value is -0.530. The van der Waals surface area contributed by atoms with Gasteiger partial charge in [-0.15, -0.1) is 0 Å². The Morgan fingerprint density at radius 3 is 3.00 bits per heavy atom. The van der Waals surface area contributed by atoms with Crippen LogP contribution in [-0.2, 0) is 4.79 Å². The highest BCUT2D eigenvalue weighted by Crippen LogP contribution is 2.36. The molecule has 13 heavy (non-hydrogen) atoms. The summed E-state index contributed by atoms with van der Waals surface area (Å²) in [6, 6.07) is 0.609. The average molecular weight is 181 g/mol. The number of rotatable bonds is 2. The fourth-order valence-electron chi connectivity index (χ4n) is 2.78. The van der Waals surface area contributed by atoms with Crippen LogP contribution in [0, 0.1) is 5.92 Å². The van der Waals surface area contributed by atoms with Crippen LogP contribution < -0.4 is 0 Å². The zero-order valence-electron chi connectivity index (χ0n) is 8.46. The second kappa shape index (κ2) is 3.69. The molecule has 1 heterocycles. The molecular formula is C11H19NO. The van der Waals surface area contributed by atoms with E-state index in [2.05, 4.69) is 11.8 Å². The highest BCUT2D eigenvalue weighted by Gasteiger charge is 2.35. The van der Waals surface area contributed by atoms with Crippen LogP contribution in [0.15, 0.2) is 0 Å². The van der Waals surface area contributed by atoms with Crippen molar-refractivity contribution < 1.29 is 4.79 Å². The number of carbonyl (C=O) groups is 1. The molecule has 0 radical (unpaired) electrons. The minimum atomic E-state index is 0.396. The number of amides is 1. The highest BCUT2D eigenvalue weighted by atomic mass is 16.2. The molecule has 74 valence electrons. The third kappa shape index (κ3) is 1.72. The Labute approximate surface area is 80.3 Å². The van der Waals surface area contributed by atoms with Crippen molar-refractivity contribution >= 4 is 5.91 Å². The molecule has 2 bridgehead atoms. The molecule has 2 unspecified atom stereocenters. The van der Waals surface area contributed by atoms with Crippen LogP contribution in [0.25, 0.3) is 0 Å². The second-order valence-corrected chi connectivity index (χ2v) is 4.46. The van der Waals surface area contributed by atoms with E-state index in [-0.39, 0.29) is 0 Å². The van der Waals surface area contributed by atoms with E-state index >= 15 is 0 Å². The maximum absolute atomic E-state index is 11.7. The van der Waals surface area contributed by atoms with Crippen LogP contribution >= 0.6 is 0 Å². The lowest BCUT2D eigenvalue weighted by Gasteiger charge is -2.33. The number of nitrogens with zero attached hydrogens (tertiary/aromatic N) is 1. The SMILES string of the molecule is CCCC(=O)N1CCC2CCC1C2. The molecule has 2 atom stereocenters. The maximum Gasteiger partial charge on any atom is 0.222 e. The number of hydrogen-bond acceptors (Lipinski definition) is 1. The second-order valence-electron chi connectivity index (χ2n) is 4.46. The first-order valence-corrected chi connectivity index (χ1v) is 5.60. The average Bonchev–Trinajstić information content (AvgIpc) is 2.48. The number of piperidine rings is 1. The molecule has 2 nitrogen and oxygen atoms in total. The zero-order valence-corrected chi connectivity index (χ0v) is 8.46. The molecule has 0 spiro atoms. The first-order valence-electron chi connectivity index (χ1n) is 5.60. The molecule has 0 aromatic rings. The van der Waals surface area contributed by atoms with Crippen LogP contribution in [0.4, 0.5) is 0 Å². The van der Waals surface area contributed by atoms with Gasteiger partial charge in [-0.05, 0) is 38.0 Å². The largest absolute Gasteiger partial charge is 0.340 e. The minimum absolute atomic E-state index is 0.396. The van der Waals surface area contributed by atoms with Crippen molar-refractivity contribution in [3.8, 4) is 0 Å². The fourth-order valence-corrected chi connectivity index (χ4v) is 2.78. The molecular weight excluding hydrogens is 162 g/mol. The molecule has 0 aromatic heterocycles. The van der Waals surface area contributed by atoms with Gasteiger partial charge in [0.2, 0.25) is 5.91 Å². The number of likely N-dealkylation sites (tertiary alicyclic amines) is 1. The van der Waals surface area contributed by atoms with Gasteiger partial charge in [-0.25, -0.2) is 0 Å². The first kappa shape index (κ1) is 9.04. The summed E-state index contributed by atoms with van der Waals surface area (Å²) in [7, 11) is 0. The van der Waals surface area contributed by atoms with Crippen LogP contribution in [0.3, 0.4) is 0 Å². The van der Waals surface area contributed by atoms with Gasteiger partial charge in [0.1, 0.15) is 0 Å². The predicted octanol–water partition coefficient (Wildman–Crippen LogP) is 2.19. The fraction of sp³-hybridized carbons (Fsp3) is 0.909. The highest BCUT2D eigenvalue weighted by molar-refractivity contribution is 5.76. The summed E-state index contributed by atoms with van der Waals surface area (Å²) in [6.45, 7) is 3.12. The number of hydrogen-bond donors (Lipinski definition) is 0. The quantitative estimate of drug-likeness (QED) is 0.639. The zero-order chi connectivity index (χ0) is 9.26. The summed E-state index contributed by atoms with van der Waals surface area (Å²) < 4.78 is 0. The van der Waals surface area contributed by atoms with Gasteiger partial charge < -0.3 is 4.90 Å². The summed E-state index contributed by atoms with van der Waals surface area (Å²) >= 11 is 0. The van der Waals surface area contributed by atoms with Crippen LogP contribution in [0.5, 0.6) is 0 Å². The number of fused-ring (bicyclic) bond motifs is 2. The maximum atomic E-state index is 11.7. The monoisotopic (exact) mass is 181 g/mol. The van der Waals surface area contributed by atoms with E-state index < -0.39 is 0 Å². The minimum Gasteiger partial charge on any atom is -0.340 e. The van der Waals surface area contributed by atoms with E-state index in [1.165, 1.54) is 25.7 Å². The Balaban J connectivity index is 1.95. The van der Waals surface area contributed by atoms with Gasteiger partial charge in [-0.2, -0.15) is 0 Å². The summed E-state index contributed by atoms with van der Waals surface area (Å²) in [4.78, 5) is 13.9. The predicted molar refractivity (Wildman–Crippen MR) is 52.4 cm³/mol. The third-order valence-corrected chi connectivity index (χ3v) is 3.52. The van der Waals surface area contributed by atoms with Crippen molar-refractivity contribution in [3.05, 3.63) is 0 Å². The van der Waals surface area contributed by atoms with Crippen molar-refractivity contribution in [1.29, 1.82) is 0 Å². The van der Waals surface area contributed by atoms with Crippen LogP contribution in [0.1, 0.15) is 45.4 Å². The van der Waals surface area contributed by atoms with E-state index in [1.54, 1.807) is 0 Å². The van der Waals surface area contributed by atoms with E-state index in [4.69, 9.17) is 0 Å². The molecule has 2 heteroatoms. The van der Waals surface area contributed by atoms with Crippen molar-refractivity contribution in [2.45, 2.75) is 51.5 Å². The molecule has 2 rings (SSSR count). The van der Waals surface area contributed by atoms with E-state index in [0.717, 1.165) is 25.3 Å². The van der Waals surface area contributed by atoms with E-state index in [9.17, 15) is 4.79 Å². The standard InChI is InChI=1S/C11H19NO/c1-2-3-11(13)12-7-6-9-4-5-10(12)8-9/h9-10H,2-8H2,1H3. The van der Waals surface area contributed by atoms with E-state index in [1.807, 2.05) is 0 Å². The Morgan fingerprint density at radius 1 is 1.38 bits per heavy atom. The molecule has 0 aromatic carbocycles. The van der Waals surface area contributed by atoms with Gasteiger partial charge in [0.15, 0.2) is 0 Å². The molecule has 1 amide bonds. The number of carbonyl (C=O) groups excluding carboxylic acids is 1. The molecule has 2 fully saturated rings. The lowest BCUT2D eigenvalue weighted by molar-refractivity contribution is -0.134. The lowest BCUT2D eigenvalue weighted by Crippen LogP contribution is -2.42. The van der Waals surface area contributed by atoms with E-state index in [0.29, 0.717) is 11.9 Å². The molecule has 2 aliphatic rings. The summed E-state index contributed by atoms with van der Waals surface area (Å²) in [5.74, 6) is 1.34. The summed E-state index contributed by atoms with van der Waals surface area (Å²) in [5.41, 5.74) is 0. The topological polar surface area (TPSA) is 20.3 Å². The van der Waals surface area contributed by atoms with Crippen LogP contribution in [-0.4, -0.2) is 23.4 Å². The smallest absolute Gasteiger partial charge is 0.222 e. The van der Waals surface area contributed by atoms with Gasteiger partial charge in [-0.1, -0.05) is 6.92 Å². The molecule has 1 aliphatic heterocycles. The Morgan fingerprint density at radius 2 is 2.23 bits per heavy atom. The van der Waals surface area contributed by atoms with Crippen molar-refractivity contribution in [2.75, 3.05) is 6.54 Å².